The van der Waals surface area contributed by atoms with E-state index in [0.29, 0.717) is 5.02 Å². The van der Waals surface area contributed by atoms with Crippen LogP contribution < -0.4 is 14.8 Å². The zero-order chi connectivity index (χ0) is 27.0. The number of esters is 1. The maximum absolute atomic E-state index is 12.8. The Kier molecular flexibility index (Phi) is 9.40. The molecule has 0 heterocycles. The third kappa shape index (κ3) is 7.88. The van der Waals surface area contributed by atoms with Crippen LogP contribution in [0.25, 0.3) is 11.1 Å². The molecule has 0 bridgehead atoms. The molecule has 0 fully saturated rings. The van der Waals surface area contributed by atoms with E-state index in [4.69, 9.17) is 16.3 Å². The molecule has 9 nitrogen and oxygen atoms in total. The number of aliphatic carboxylic acids is 1. The first-order valence-electron chi connectivity index (χ1n) is 11.2. The van der Waals surface area contributed by atoms with Gasteiger partial charge in [0.25, 0.3) is 5.91 Å². The number of ether oxygens (including phenoxy) is 1. The Balaban J connectivity index is 1.58. The van der Waals surface area contributed by atoms with Gasteiger partial charge in [0, 0.05) is 18.5 Å². The largest absolute Gasteiger partial charge is 0.480 e. The van der Waals surface area contributed by atoms with Crippen molar-refractivity contribution in [1.82, 2.24) is 10.0 Å². The van der Waals surface area contributed by atoms with Gasteiger partial charge in [0.1, 0.15) is 11.8 Å². The molecule has 11 heteroatoms. The Bertz CT molecular complexity index is 1370. The Labute approximate surface area is 219 Å². The van der Waals surface area contributed by atoms with Crippen molar-refractivity contribution in [2.75, 3.05) is 6.54 Å². The highest BCUT2D eigenvalue weighted by molar-refractivity contribution is 7.89. The molecule has 0 aromatic heterocycles. The smallest absolute Gasteiger partial charge is 0.321 e. The van der Waals surface area contributed by atoms with Crippen LogP contribution in [0, 0.1) is 0 Å². The average molecular weight is 545 g/mol. The number of carbonyl (C=O) groups excluding carboxylic acids is 2. The second kappa shape index (κ2) is 12.5. The SMILES string of the molecule is CC(=O)Oc1ccccc1C(=O)NCCCC(NS(=O)(=O)c1ccc(-c2ccc(Cl)cc2)cc1)C(=O)O. The summed E-state index contributed by atoms with van der Waals surface area (Å²) < 4.78 is 32.8. The fourth-order valence-corrected chi connectivity index (χ4v) is 4.81. The number of benzene rings is 3. The number of carboxylic acids is 1. The summed E-state index contributed by atoms with van der Waals surface area (Å²) in [7, 11) is -4.11. The van der Waals surface area contributed by atoms with Crippen LogP contribution in [0.15, 0.2) is 77.7 Å². The van der Waals surface area contributed by atoms with E-state index in [1.165, 1.54) is 31.2 Å². The molecule has 1 unspecified atom stereocenters. The highest BCUT2D eigenvalue weighted by Crippen LogP contribution is 2.23. The molecule has 0 radical (unpaired) electrons. The molecule has 1 atom stereocenters. The van der Waals surface area contributed by atoms with Crippen molar-refractivity contribution in [3.05, 3.63) is 83.4 Å². The molecule has 3 aromatic rings. The first-order valence-corrected chi connectivity index (χ1v) is 13.1. The van der Waals surface area contributed by atoms with Gasteiger partial charge >= 0.3 is 11.9 Å². The summed E-state index contributed by atoms with van der Waals surface area (Å²) >= 11 is 5.90. The number of rotatable bonds is 11. The summed E-state index contributed by atoms with van der Waals surface area (Å²) in [5.41, 5.74) is 1.77. The van der Waals surface area contributed by atoms with Crippen LogP contribution in [0.2, 0.25) is 5.02 Å². The van der Waals surface area contributed by atoms with Crippen molar-refractivity contribution in [3.8, 4) is 16.9 Å². The zero-order valence-electron chi connectivity index (χ0n) is 19.8. The predicted octanol–water partition coefficient (Wildman–Crippen LogP) is 3.87. The Morgan fingerprint density at radius 2 is 1.54 bits per heavy atom. The van der Waals surface area contributed by atoms with E-state index in [9.17, 15) is 27.9 Å². The summed E-state index contributed by atoms with van der Waals surface area (Å²) in [6, 6.07) is 17.9. The molecule has 0 saturated carbocycles. The third-order valence-electron chi connectivity index (χ3n) is 5.28. The molecule has 3 N–H and O–H groups in total. The highest BCUT2D eigenvalue weighted by atomic mass is 35.5. The van der Waals surface area contributed by atoms with Crippen LogP contribution in [0.3, 0.4) is 0 Å². The van der Waals surface area contributed by atoms with Crippen molar-refractivity contribution in [1.29, 1.82) is 0 Å². The quantitative estimate of drug-likeness (QED) is 0.189. The van der Waals surface area contributed by atoms with E-state index >= 15 is 0 Å². The molecule has 3 rings (SSSR count). The second-order valence-corrected chi connectivity index (χ2v) is 10.2. The van der Waals surface area contributed by atoms with E-state index in [-0.39, 0.29) is 35.6 Å². The molecular formula is C26H25ClN2O7S. The first kappa shape index (κ1) is 27.9. The zero-order valence-corrected chi connectivity index (χ0v) is 21.4. The number of nitrogens with one attached hydrogen (secondary N) is 2. The summed E-state index contributed by atoms with van der Waals surface area (Å²) in [4.78, 5) is 35.3. The molecule has 0 aliphatic carbocycles. The number of halogens is 1. The lowest BCUT2D eigenvalue weighted by molar-refractivity contribution is -0.139. The first-order chi connectivity index (χ1) is 17.6. The van der Waals surface area contributed by atoms with Crippen LogP contribution in [-0.4, -0.2) is 44.0 Å². The summed E-state index contributed by atoms with van der Waals surface area (Å²) in [6.45, 7) is 1.30. The Morgan fingerprint density at radius 3 is 2.14 bits per heavy atom. The summed E-state index contributed by atoms with van der Waals surface area (Å²) in [6.07, 6.45) is 0.111. The molecule has 194 valence electrons. The maximum atomic E-state index is 12.8. The standard InChI is InChI=1S/C26H25ClN2O7S/c1-17(30)36-24-7-3-2-5-22(24)25(31)28-16-4-6-23(26(32)33)29-37(34,35)21-14-10-19(11-15-21)18-8-12-20(27)13-9-18/h2-3,5,7-15,23,29H,4,6,16H2,1H3,(H,28,31)(H,32,33). The van der Waals surface area contributed by atoms with E-state index in [0.717, 1.165) is 11.1 Å². The van der Waals surface area contributed by atoms with Gasteiger partial charge in [-0.15, -0.1) is 0 Å². The molecule has 1 amide bonds. The molecule has 37 heavy (non-hydrogen) atoms. The highest BCUT2D eigenvalue weighted by Gasteiger charge is 2.25. The van der Waals surface area contributed by atoms with Gasteiger partial charge in [-0.05, 0) is 60.4 Å². The fourth-order valence-electron chi connectivity index (χ4n) is 3.46. The van der Waals surface area contributed by atoms with Gasteiger partial charge < -0.3 is 15.2 Å². The van der Waals surface area contributed by atoms with Crippen LogP contribution in [0.5, 0.6) is 5.75 Å². The van der Waals surface area contributed by atoms with Gasteiger partial charge in [-0.1, -0.05) is 48.0 Å². The van der Waals surface area contributed by atoms with Gasteiger partial charge in [-0.3, -0.25) is 14.4 Å². The number of hydrogen-bond acceptors (Lipinski definition) is 6. The van der Waals surface area contributed by atoms with Crippen LogP contribution >= 0.6 is 11.6 Å². The van der Waals surface area contributed by atoms with Crippen LogP contribution in [0.1, 0.15) is 30.1 Å². The number of hydrogen-bond donors (Lipinski definition) is 3. The molecule has 0 aliphatic heterocycles. The number of carbonyl (C=O) groups is 3. The number of para-hydroxylation sites is 1. The number of carboxylic acid groups (broad SMARTS) is 1. The minimum Gasteiger partial charge on any atom is -0.480 e. The third-order valence-corrected chi connectivity index (χ3v) is 7.02. The minimum absolute atomic E-state index is 0.0662. The lowest BCUT2D eigenvalue weighted by atomic mass is 10.1. The van der Waals surface area contributed by atoms with Crippen molar-refractivity contribution in [2.45, 2.75) is 30.7 Å². The van der Waals surface area contributed by atoms with Crippen molar-refractivity contribution in [2.24, 2.45) is 0 Å². The van der Waals surface area contributed by atoms with Crippen molar-refractivity contribution < 1.29 is 32.6 Å². The number of amides is 1. The Morgan fingerprint density at radius 1 is 0.946 bits per heavy atom. The fraction of sp³-hybridized carbons (Fsp3) is 0.192. The van der Waals surface area contributed by atoms with E-state index in [2.05, 4.69) is 10.0 Å². The van der Waals surface area contributed by atoms with E-state index in [1.807, 2.05) is 0 Å². The lowest BCUT2D eigenvalue weighted by Gasteiger charge is -2.15. The van der Waals surface area contributed by atoms with Gasteiger partial charge in [-0.25, -0.2) is 8.42 Å². The van der Waals surface area contributed by atoms with Crippen molar-refractivity contribution in [3.63, 3.8) is 0 Å². The molecule has 0 saturated heterocycles. The molecule has 0 spiro atoms. The van der Waals surface area contributed by atoms with E-state index < -0.39 is 33.9 Å². The minimum atomic E-state index is -4.11. The molecule has 3 aromatic carbocycles. The summed E-state index contributed by atoms with van der Waals surface area (Å²) in [5, 5.41) is 12.7. The number of sulfonamides is 1. The van der Waals surface area contributed by atoms with Gasteiger partial charge in [0.15, 0.2) is 0 Å². The lowest BCUT2D eigenvalue weighted by Crippen LogP contribution is -2.41. The summed E-state index contributed by atoms with van der Waals surface area (Å²) in [5.74, 6) is -2.32. The Hall–Kier alpha value is -3.73. The molecule has 0 aliphatic rings. The van der Waals surface area contributed by atoms with E-state index in [1.54, 1.807) is 48.5 Å². The predicted molar refractivity (Wildman–Crippen MR) is 138 cm³/mol. The van der Waals surface area contributed by atoms with Crippen LogP contribution in [-0.2, 0) is 19.6 Å². The van der Waals surface area contributed by atoms with Gasteiger partial charge in [-0.2, -0.15) is 4.72 Å². The molecular weight excluding hydrogens is 520 g/mol. The maximum Gasteiger partial charge on any atom is 0.321 e. The van der Waals surface area contributed by atoms with Gasteiger partial charge in [0.05, 0.1) is 10.5 Å². The normalized spacial score (nSPS) is 11.9. The second-order valence-electron chi connectivity index (χ2n) is 8.03. The average Bonchev–Trinajstić information content (AvgIpc) is 2.86. The topological polar surface area (TPSA) is 139 Å². The van der Waals surface area contributed by atoms with Gasteiger partial charge in [0.2, 0.25) is 10.0 Å². The monoisotopic (exact) mass is 544 g/mol. The van der Waals surface area contributed by atoms with Crippen LogP contribution in [0.4, 0.5) is 0 Å². The van der Waals surface area contributed by atoms with Crippen molar-refractivity contribution >= 4 is 39.5 Å².